The molecule has 2 aromatic heterocycles. The van der Waals surface area contributed by atoms with Gasteiger partial charge in [-0.3, -0.25) is 0 Å². The van der Waals surface area contributed by atoms with Crippen LogP contribution in [0.5, 0.6) is 0 Å². The molecule has 3 aliphatic rings. The van der Waals surface area contributed by atoms with Crippen LogP contribution in [0, 0.1) is 0 Å². The molecule has 1 aromatic carbocycles. The number of ether oxygens (including phenoxy) is 1. The highest BCUT2D eigenvalue weighted by molar-refractivity contribution is 5.86. The molecule has 0 bridgehead atoms. The summed E-state index contributed by atoms with van der Waals surface area (Å²) in [7, 11) is 0. The lowest BCUT2D eigenvalue weighted by Gasteiger charge is -2.32. The third-order valence-electron chi connectivity index (χ3n) is 8.54. The first-order chi connectivity index (χ1) is 19.1. The van der Waals surface area contributed by atoms with Gasteiger partial charge in [0, 0.05) is 37.3 Å². The predicted octanol–water partition coefficient (Wildman–Crippen LogP) is 5.68. The van der Waals surface area contributed by atoms with Crippen LogP contribution >= 0.6 is 24.8 Å². The molecule has 0 radical (unpaired) electrons. The van der Waals surface area contributed by atoms with E-state index in [-0.39, 0.29) is 36.9 Å². The number of nitrogens with one attached hydrogen (secondary N) is 2. The summed E-state index contributed by atoms with van der Waals surface area (Å²) in [5, 5.41) is 7.26. The van der Waals surface area contributed by atoms with Crippen LogP contribution < -0.4 is 16.4 Å². The molecule has 41 heavy (non-hydrogen) atoms. The number of nitrogens with zero attached hydrogens (tertiary/aromatic N) is 5. The Morgan fingerprint density at radius 1 is 0.902 bits per heavy atom. The molecule has 2 saturated carbocycles. The number of amides is 1. The fraction of sp³-hybridized carbons (Fsp3) is 0.586. The molecule has 3 aromatic rings. The van der Waals surface area contributed by atoms with E-state index in [0.717, 1.165) is 61.1 Å². The standard InChI is InChI=1S/C29H40N8O2.2ClH/c30-21-10-12-22(13-11-21)33-28-34-26(25-27(35-28)37(19-31-25)24-8-4-5-9-24)32-23-14-16-36(17-15-23)29(38)39-18-20-6-2-1-3-7-20;;/h1-3,6-7,19,21-24H,4-5,8-18,30H2,(H2,32,33,34,35);2*1H/t21-,22-;;. The van der Waals surface area contributed by atoms with Gasteiger partial charge >= 0.3 is 6.09 Å². The second-order valence-corrected chi connectivity index (χ2v) is 11.4. The molecular formula is C29H42Cl2N8O2. The van der Waals surface area contributed by atoms with E-state index in [9.17, 15) is 4.79 Å². The zero-order valence-electron chi connectivity index (χ0n) is 23.4. The van der Waals surface area contributed by atoms with Crippen LogP contribution in [0.3, 0.4) is 0 Å². The van der Waals surface area contributed by atoms with Crippen molar-refractivity contribution >= 4 is 53.8 Å². The Morgan fingerprint density at radius 2 is 1.59 bits per heavy atom. The molecule has 3 fully saturated rings. The summed E-state index contributed by atoms with van der Waals surface area (Å²) in [5.74, 6) is 1.43. The number of carbonyl (C=O) groups excluding carboxylic acids is 1. The molecule has 224 valence electrons. The Hall–Kier alpha value is -2.82. The van der Waals surface area contributed by atoms with Gasteiger partial charge in [-0.05, 0) is 56.9 Å². The van der Waals surface area contributed by atoms with E-state index in [1.54, 1.807) is 4.90 Å². The van der Waals surface area contributed by atoms with Crippen molar-refractivity contribution in [3.8, 4) is 0 Å². The van der Waals surface area contributed by atoms with Crippen molar-refractivity contribution in [3.05, 3.63) is 42.2 Å². The number of piperidine rings is 1. The maximum atomic E-state index is 12.6. The summed E-state index contributed by atoms with van der Waals surface area (Å²) in [6.07, 6.45) is 12.3. The molecular weight excluding hydrogens is 563 g/mol. The van der Waals surface area contributed by atoms with Gasteiger partial charge in [-0.15, -0.1) is 24.8 Å². The van der Waals surface area contributed by atoms with Gasteiger partial charge in [-0.25, -0.2) is 9.78 Å². The molecule has 2 aliphatic carbocycles. The number of benzene rings is 1. The summed E-state index contributed by atoms with van der Waals surface area (Å²) in [6.45, 7) is 1.58. The van der Waals surface area contributed by atoms with Gasteiger partial charge in [0.2, 0.25) is 5.95 Å². The Kier molecular flexibility index (Phi) is 10.9. The molecule has 12 heteroatoms. The lowest BCUT2D eigenvalue weighted by atomic mass is 9.92. The van der Waals surface area contributed by atoms with Gasteiger partial charge in [-0.1, -0.05) is 43.2 Å². The summed E-state index contributed by atoms with van der Waals surface area (Å²) in [6, 6.07) is 11.1. The Bertz CT molecular complexity index is 1250. The van der Waals surface area contributed by atoms with E-state index >= 15 is 0 Å². The van der Waals surface area contributed by atoms with Crippen LogP contribution in [0.2, 0.25) is 0 Å². The van der Waals surface area contributed by atoms with Crippen LogP contribution in [-0.2, 0) is 11.3 Å². The molecule has 10 nitrogen and oxygen atoms in total. The van der Waals surface area contributed by atoms with Crippen molar-refractivity contribution in [2.45, 2.75) is 95.0 Å². The van der Waals surface area contributed by atoms with Gasteiger partial charge in [0.15, 0.2) is 17.0 Å². The van der Waals surface area contributed by atoms with Gasteiger partial charge in [0.05, 0.1) is 6.33 Å². The maximum absolute atomic E-state index is 12.6. The van der Waals surface area contributed by atoms with Crippen molar-refractivity contribution in [1.29, 1.82) is 0 Å². The second-order valence-electron chi connectivity index (χ2n) is 11.4. The van der Waals surface area contributed by atoms with Crippen molar-refractivity contribution in [2.75, 3.05) is 23.7 Å². The monoisotopic (exact) mass is 604 g/mol. The average Bonchev–Trinajstić information content (AvgIpc) is 3.64. The highest BCUT2D eigenvalue weighted by atomic mass is 35.5. The maximum Gasteiger partial charge on any atom is 0.410 e. The number of nitrogens with two attached hydrogens (primary N) is 1. The Morgan fingerprint density at radius 3 is 2.29 bits per heavy atom. The molecule has 6 rings (SSSR count). The SMILES string of the molecule is Cl.Cl.N[C@H]1CC[C@H](Nc2nc(NC3CCN(C(=O)OCc4ccccc4)CC3)c3ncn(C4CCCC4)c3n2)CC1. The first-order valence-electron chi connectivity index (χ1n) is 14.6. The molecule has 4 N–H and O–H groups in total. The minimum Gasteiger partial charge on any atom is -0.445 e. The normalized spacial score (nSPS) is 21.6. The summed E-state index contributed by atoms with van der Waals surface area (Å²) in [4.78, 5) is 29.1. The summed E-state index contributed by atoms with van der Waals surface area (Å²) >= 11 is 0. The number of likely N-dealkylation sites (tertiary alicyclic amines) is 1. The fourth-order valence-corrected chi connectivity index (χ4v) is 6.19. The van der Waals surface area contributed by atoms with Gasteiger partial charge in [0.25, 0.3) is 0 Å². The second kappa shape index (κ2) is 14.4. The van der Waals surface area contributed by atoms with Crippen LogP contribution in [0.1, 0.15) is 75.8 Å². The van der Waals surface area contributed by atoms with E-state index in [4.69, 9.17) is 25.4 Å². The third-order valence-corrected chi connectivity index (χ3v) is 8.54. The number of aromatic nitrogens is 4. The number of anilines is 2. The minimum absolute atomic E-state index is 0. The summed E-state index contributed by atoms with van der Waals surface area (Å²) < 4.78 is 7.79. The van der Waals surface area contributed by atoms with Crippen molar-refractivity contribution < 1.29 is 9.53 Å². The average molecular weight is 606 g/mol. The van der Waals surface area contributed by atoms with Gasteiger partial charge in [0.1, 0.15) is 6.61 Å². The number of rotatable bonds is 7. The highest BCUT2D eigenvalue weighted by Gasteiger charge is 2.27. The predicted molar refractivity (Wildman–Crippen MR) is 166 cm³/mol. The van der Waals surface area contributed by atoms with Crippen molar-refractivity contribution in [3.63, 3.8) is 0 Å². The molecule has 0 unspecified atom stereocenters. The van der Waals surface area contributed by atoms with E-state index in [0.29, 0.717) is 43.8 Å². The van der Waals surface area contributed by atoms with E-state index in [2.05, 4.69) is 15.2 Å². The lowest BCUT2D eigenvalue weighted by Crippen LogP contribution is -2.42. The van der Waals surface area contributed by atoms with Gasteiger partial charge in [-0.2, -0.15) is 9.97 Å². The molecule has 1 amide bonds. The third kappa shape index (κ3) is 7.53. The number of fused-ring (bicyclic) bond motifs is 1. The first kappa shape index (κ1) is 31.1. The number of carbonyl (C=O) groups is 1. The molecule has 1 saturated heterocycles. The van der Waals surface area contributed by atoms with E-state index < -0.39 is 0 Å². The molecule has 0 spiro atoms. The number of hydrogen-bond donors (Lipinski definition) is 3. The van der Waals surface area contributed by atoms with Gasteiger partial charge < -0.3 is 30.6 Å². The minimum atomic E-state index is -0.254. The zero-order chi connectivity index (χ0) is 26.6. The number of imidazole rings is 1. The van der Waals surface area contributed by atoms with E-state index in [1.165, 1.54) is 25.7 Å². The van der Waals surface area contributed by atoms with Crippen LogP contribution in [0.25, 0.3) is 11.2 Å². The van der Waals surface area contributed by atoms with Crippen molar-refractivity contribution in [1.82, 2.24) is 24.4 Å². The molecule has 0 atom stereocenters. The smallest absolute Gasteiger partial charge is 0.410 e. The van der Waals surface area contributed by atoms with Crippen LogP contribution in [0.15, 0.2) is 36.7 Å². The topological polar surface area (TPSA) is 123 Å². The Labute approximate surface area is 254 Å². The fourth-order valence-electron chi connectivity index (χ4n) is 6.19. The lowest BCUT2D eigenvalue weighted by molar-refractivity contribution is 0.0881. The molecule has 1 aliphatic heterocycles. The Balaban J connectivity index is 0.00000194. The highest BCUT2D eigenvalue weighted by Crippen LogP contribution is 2.34. The van der Waals surface area contributed by atoms with Crippen LogP contribution in [-0.4, -0.2) is 61.7 Å². The summed E-state index contributed by atoms with van der Waals surface area (Å²) in [5.41, 5.74) is 8.84. The van der Waals surface area contributed by atoms with E-state index in [1.807, 2.05) is 36.7 Å². The first-order valence-corrected chi connectivity index (χ1v) is 14.6. The quantitative estimate of drug-likeness (QED) is 0.315. The number of halogens is 2. The van der Waals surface area contributed by atoms with Crippen LogP contribution in [0.4, 0.5) is 16.6 Å². The zero-order valence-corrected chi connectivity index (χ0v) is 25.0. The number of hydrogen-bond acceptors (Lipinski definition) is 8. The van der Waals surface area contributed by atoms with Crippen molar-refractivity contribution in [2.24, 2.45) is 5.73 Å². The molecule has 3 heterocycles. The largest absolute Gasteiger partial charge is 0.445 e.